The van der Waals surface area contributed by atoms with Gasteiger partial charge in [0, 0.05) is 27.7 Å². The Morgan fingerprint density at radius 1 is 1.30 bits per heavy atom. The molecule has 1 amide bonds. The monoisotopic (exact) mass is 359 g/mol. The summed E-state index contributed by atoms with van der Waals surface area (Å²) >= 11 is 6.35. The Balaban J connectivity index is 3.09. The van der Waals surface area contributed by atoms with E-state index >= 15 is 0 Å². The smallest absolute Gasteiger partial charge is 0.341 e. The van der Waals surface area contributed by atoms with Gasteiger partial charge in [0.05, 0.1) is 24.2 Å². The topological polar surface area (TPSA) is 79.9 Å². The molecule has 9 heteroatoms. The number of hydrogen-bond donors (Lipinski definition) is 2. The average molecular weight is 359 g/mol. The SMILES string of the molecule is COCCNC(=S)Nc1sc(C(=O)N(C)C)c(C)c1C(=O)OC. The summed E-state index contributed by atoms with van der Waals surface area (Å²) < 4.78 is 9.74. The molecule has 0 atom stereocenters. The summed E-state index contributed by atoms with van der Waals surface area (Å²) in [5.41, 5.74) is 0.890. The number of thiophene rings is 1. The van der Waals surface area contributed by atoms with Gasteiger partial charge in [-0.05, 0) is 24.7 Å². The zero-order chi connectivity index (χ0) is 17.6. The third-order valence-electron chi connectivity index (χ3n) is 2.96. The van der Waals surface area contributed by atoms with E-state index in [0.29, 0.717) is 39.3 Å². The number of nitrogens with zero attached hydrogens (tertiary/aromatic N) is 1. The minimum atomic E-state index is -0.515. The minimum absolute atomic E-state index is 0.177. The third-order valence-corrected chi connectivity index (χ3v) is 4.40. The first-order valence-corrected chi connectivity index (χ1v) is 8.03. The lowest BCUT2D eigenvalue weighted by Gasteiger charge is -2.10. The number of nitrogens with one attached hydrogen (secondary N) is 2. The Labute approximate surface area is 144 Å². The van der Waals surface area contributed by atoms with Crippen LogP contribution in [0.1, 0.15) is 25.6 Å². The second kappa shape index (κ2) is 8.80. The number of thiocarbonyl (C=S) groups is 1. The molecule has 0 aromatic carbocycles. The van der Waals surface area contributed by atoms with Gasteiger partial charge in [-0.25, -0.2) is 4.79 Å². The summed E-state index contributed by atoms with van der Waals surface area (Å²) in [4.78, 5) is 26.2. The highest BCUT2D eigenvalue weighted by Crippen LogP contribution is 2.34. The number of carbonyl (C=O) groups excluding carboxylic acids is 2. The fraction of sp³-hybridized carbons (Fsp3) is 0.500. The first-order valence-electron chi connectivity index (χ1n) is 6.80. The molecular formula is C14H21N3O4S2. The fourth-order valence-corrected chi connectivity index (χ4v) is 3.26. The van der Waals surface area contributed by atoms with Crippen LogP contribution in [0.4, 0.5) is 5.00 Å². The Morgan fingerprint density at radius 3 is 2.48 bits per heavy atom. The van der Waals surface area contributed by atoms with Crippen LogP contribution in [-0.2, 0) is 9.47 Å². The van der Waals surface area contributed by atoms with Crippen LogP contribution in [0.5, 0.6) is 0 Å². The van der Waals surface area contributed by atoms with Crippen LogP contribution < -0.4 is 10.6 Å². The highest BCUT2D eigenvalue weighted by molar-refractivity contribution is 7.80. The second-order valence-electron chi connectivity index (χ2n) is 4.83. The highest BCUT2D eigenvalue weighted by Gasteiger charge is 2.26. The Hall–Kier alpha value is -1.71. The maximum Gasteiger partial charge on any atom is 0.341 e. The summed E-state index contributed by atoms with van der Waals surface area (Å²) in [5, 5.41) is 6.73. The van der Waals surface area contributed by atoms with Crippen molar-refractivity contribution in [3.63, 3.8) is 0 Å². The molecule has 1 heterocycles. The number of ether oxygens (including phenoxy) is 2. The lowest BCUT2D eigenvalue weighted by Crippen LogP contribution is -2.31. The maximum atomic E-state index is 12.2. The van der Waals surface area contributed by atoms with E-state index in [-0.39, 0.29) is 5.91 Å². The Bertz CT molecular complexity index is 599. The van der Waals surface area contributed by atoms with E-state index in [0.717, 1.165) is 0 Å². The Kier molecular flexibility index (Phi) is 7.40. The lowest BCUT2D eigenvalue weighted by atomic mass is 10.1. The molecule has 0 aliphatic heterocycles. The molecule has 0 fully saturated rings. The van der Waals surface area contributed by atoms with Gasteiger partial charge >= 0.3 is 5.97 Å². The molecule has 0 saturated heterocycles. The molecule has 7 nitrogen and oxygen atoms in total. The van der Waals surface area contributed by atoms with Crippen LogP contribution in [0, 0.1) is 6.92 Å². The van der Waals surface area contributed by atoms with Gasteiger partial charge in [0.2, 0.25) is 0 Å². The molecule has 1 aromatic rings. The van der Waals surface area contributed by atoms with E-state index in [9.17, 15) is 9.59 Å². The quantitative estimate of drug-likeness (QED) is 0.452. The van der Waals surface area contributed by atoms with Crippen molar-refractivity contribution >= 4 is 45.5 Å². The number of methoxy groups -OCH3 is 2. The molecule has 0 saturated carbocycles. The molecule has 0 spiro atoms. The van der Waals surface area contributed by atoms with Crippen molar-refractivity contribution in [3.05, 3.63) is 16.0 Å². The van der Waals surface area contributed by atoms with Gasteiger partial charge in [-0.2, -0.15) is 0 Å². The molecular weight excluding hydrogens is 338 g/mol. The van der Waals surface area contributed by atoms with E-state index in [4.69, 9.17) is 21.7 Å². The molecule has 128 valence electrons. The van der Waals surface area contributed by atoms with Crippen molar-refractivity contribution in [1.29, 1.82) is 0 Å². The molecule has 0 radical (unpaired) electrons. The van der Waals surface area contributed by atoms with E-state index in [2.05, 4.69) is 10.6 Å². The van der Waals surface area contributed by atoms with Crippen molar-refractivity contribution in [2.75, 3.05) is 46.8 Å². The van der Waals surface area contributed by atoms with Gasteiger partial charge in [0.1, 0.15) is 5.00 Å². The predicted octanol–water partition coefficient (Wildman–Crippen LogP) is 1.48. The number of anilines is 1. The van der Waals surface area contributed by atoms with Crippen LogP contribution in [0.3, 0.4) is 0 Å². The number of rotatable bonds is 6. The van der Waals surface area contributed by atoms with Crippen LogP contribution in [0.15, 0.2) is 0 Å². The average Bonchev–Trinajstić information content (AvgIpc) is 2.82. The molecule has 0 bridgehead atoms. The lowest BCUT2D eigenvalue weighted by molar-refractivity contribution is 0.0601. The second-order valence-corrected chi connectivity index (χ2v) is 6.25. The zero-order valence-electron chi connectivity index (χ0n) is 13.8. The number of hydrogen-bond acceptors (Lipinski definition) is 6. The van der Waals surface area contributed by atoms with Gasteiger partial charge in [-0.1, -0.05) is 0 Å². The third kappa shape index (κ3) is 4.88. The molecule has 0 aliphatic carbocycles. The maximum absolute atomic E-state index is 12.2. The summed E-state index contributed by atoms with van der Waals surface area (Å²) in [6, 6.07) is 0. The summed E-state index contributed by atoms with van der Waals surface area (Å²) in [6.45, 7) is 2.75. The van der Waals surface area contributed by atoms with Crippen LogP contribution >= 0.6 is 23.6 Å². The summed E-state index contributed by atoms with van der Waals surface area (Å²) in [7, 11) is 6.20. The molecule has 0 aliphatic rings. The Morgan fingerprint density at radius 2 is 1.96 bits per heavy atom. The molecule has 23 heavy (non-hydrogen) atoms. The predicted molar refractivity (Wildman–Crippen MR) is 94.5 cm³/mol. The van der Waals surface area contributed by atoms with E-state index < -0.39 is 5.97 Å². The first kappa shape index (κ1) is 19.3. The van der Waals surface area contributed by atoms with Crippen molar-refractivity contribution in [3.8, 4) is 0 Å². The standard InChI is InChI=1S/C14H21N3O4S2/c1-8-9(13(19)21-5)11(16-14(22)15-6-7-20-4)23-10(8)12(18)17(2)3/h6-7H2,1-5H3,(H2,15,16,22). The first-order chi connectivity index (χ1) is 10.8. The summed E-state index contributed by atoms with van der Waals surface area (Å²) in [6.07, 6.45) is 0. The summed E-state index contributed by atoms with van der Waals surface area (Å²) in [5.74, 6) is -0.692. The number of carbonyl (C=O) groups is 2. The largest absolute Gasteiger partial charge is 0.465 e. The number of esters is 1. The molecule has 2 N–H and O–H groups in total. The van der Waals surface area contributed by atoms with Crippen molar-refractivity contribution in [1.82, 2.24) is 10.2 Å². The van der Waals surface area contributed by atoms with Gasteiger partial charge < -0.3 is 25.0 Å². The number of amides is 1. The van der Waals surface area contributed by atoms with Gasteiger partial charge in [0.25, 0.3) is 5.91 Å². The molecule has 0 unspecified atom stereocenters. The highest BCUT2D eigenvalue weighted by atomic mass is 32.1. The van der Waals surface area contributed by atoms with Crippen molar-refractivity contribution in [2.24, 2.45) is 0 Å². The van der Waals surface area contributed by atoms with E-state index in [1.165, 1.54) is 23.3 Å². The molecule has 1 aromatic heterocycles. The molecule has 1 rings (SSSR count). The van der Waals surface area contributed by atoms with Crippen LogP contribution in [0.25, 0.3) is 0 Å². The van der Waals surface area contributed by atoms with E-state index in [1.54, 1.807) is 28.1 Å². The fourth-order valence-electron chi connectivity index (χ4n) is 1.77. The van der Waals surface area contributed by atoms with Crippen molar-refractivity contribution in [2.45, 2.75) is 6.92 Å². The van der Waals surface area contributed by atoms with Gasteiger partial charge in [-0.15, -0.1) is 11.3 Å². The van der Waals surface area contributed by atoms with Gasteiger partial charge in [-0.3, -0.25) is 4.79 Å². The van der Waals surface area contributed by atoms with Gasteiger partial charge in [0.15, 0.2) is 5.11 Å². The van der Waals surface area contributed by atoms with Crippen LogP contribution in [0.2, 0.25) is 0 Å². The zero-order valence-corrected chi connectivity index (χ0v) is 15.4. The normalized spacial score (nSPS) is 10.1. The van der Waals surface area contributed by atoms with Crippen LogP contribution in [-0.4, -0.2) is 63.4 Å². The van der Waals surface area contributed by atoms with Crippen molar-refractivity contribution < 1.29 is 19.1 Å². The van der Waals surface area contributed by atoms with E-state index in [1.807, 2.05) is 0 Å². The minimum Gasteiger partial charge on any atom is -0.465 e.